The molecule has 1 aromatic carbocycles. The molecule has 0 amide bonds. The van der Waals surface area contributed by atoms with Crippen molar-refractivity contribution in [3.8, 4) is 0 Å². The van der Waals surface area contributed by atoms with Crippen LogP contribution >= 0.6 is 0 Å². The quantitative estimate of drug-likeness (QED) is 0.793. The van der Waals surface area contributed by atoms with Crippen LogP contribution in [0.4, 0.5) is 0 Å². The van der Waals surface area contributed by atoms with Crippen molar-refractivity contribution >= 4 is 0 Å². The second kappa shape index (κ2) is 4.34. The smallest absolute Gasteiger partial charge is 0.0902 e. The van der Waals surface area contributed by atoms with Crippen molar-refractivity contribution in [2.45, 2.75) is 52.1 Å². The van der Waals surface area contributed by atoms with E-state index in [9.17, 15) is 5.11 Å². The molecule has 2 saturated carbocycles. The van der Waals surface area contributed by atoms with Crippen molar-refractivity contribution in [1.29, 1.82) is 0 Å². The van der Waals surface area contributed by atoms with Gasteiger partial charge in [0.05, 0.1) is 5.60 Å². The fourth-order valence-electron chi connectivity index (χ4n) is 4.35. The molecule has 0 saturated heterocycles. The van der Waals surface area contributed by atoms with Gasteiger partial charge in [-0.05, 0) is 54.4 Å². The monoisotopic (exact) mass is 258 g/mol. The Kier molecular flexibility index (Phi) is 3.01. The molecule has 2 fully saturated rings. The minimum Gasteiger partial charge on any atom is -0.385 e. The first-order valence-electron chi connectivity index (χ1n) is 7.66. The summed E-state index contributed by atoms with van der Waals surface area (Å²) in [5, 5.41) is 11.0. The van der Waals surface area contributed by atoms with Crippen molar-refractivity contribution < 1.29 is 5.11 Å². The maximum Gasteiger partial charge on any atom is 0.0902 e. The third-order valence-corrected chi connectivity index (χ3v) is 5.58. The third kappa shape index (κ3) is 2.33. The second-order valence-corrected chi connectivity index (χ2v) is 7.86. The standard InChI is InChI=1S/C18H26O/c1-17(2,3)16-9-13-11-18(19,12-14(13)10-16)15-7-5-4-6-8-15/h4-8,13-14,16,19H,9-12H2,1-3H3/t13-,14+,16?,18?. The van der Waals surface area contributed by atoms with Crippen LogP contribution in [0, 0.1) is 23.2 Å². The lowest BCUT2D eigenvalue weighted by Crippen LogP contribution is -2.25. The van der Waals surface area contributed by atoms with Crippen LogP contribution in [0.15, 0.2) is 30.3 Å². The van der Waals surface area contributed by atoms with Crippen LogP contribution in [0.3, 0.4) is 0 Å². The van der Waals surface area contributed by atoms with Gasteiger partial charge in [-0.15, -0.1) is 0 Å². The number of fused-ring (bicyclic) bond motifs is 1. The Morgan fingerprint density at radius 3 is 2.00 bits per heavy atom. The van der Waals surface area contributed by atoms with Gasteiger partial charge in [-0.25, -0.2) is 0 Å². The Morgan fingerprint density at radius 1 is 1.00 bits per heavy atom. The molecule has 2 aliphatic carbocycles. The average Bonchev–Trinajstić information content (AvgIpc) is 2.85. The molecule has 0 aromatic heterocycles. The van der Waals surface area contributed by atoms with Crippen molar-refractivity contribution in [3.05, 3.63) is 35.9 Å². The molecular weight excluding hydrogens is 232 g/mol. The Hall–Kier alpha value is -0.820. The van der Waals surface area contributed by atoms with Crippen LogP contribution in [-0.4, -0.2) is 5.11 Å². The van der Waals surface area contributed by atoms with Crippen LogP contribution in [-0.2, 0) is 5.60 Å². The first kappa shape index (κ1) is 13.2. The topological polar surface area (TPSA) is 20.2 Å². The largest absolute Gasteiger partial charge is 0.385 e. The summed E-state index contributed by atoms with van der Waals surface area (Å²) in [4.78, 5) is 0. The van der Waals surface area contributed by atoms with Gasteiger partial charge in [0.1, 0.15) is 0 Å². The molecule has 0 heterocycles. The Morgan fingerprint density at radius 2 is 1.53 bits per heavy atom. The molecule has 1 heteroatoms. The molecule has 0 radical (unpaired) electrons. The molecule has 3 rings (SSSR count). The van der Waals surface area contributed by atoms with Gasteiger partial charge in [0.15, 0.2) is 0 Å². The van der Waals surface area contributed by atoms with E-state index < -0.39 is 5.60 Å². The molecule has 0 aliphatic heterocycles. The molecule has 19 heavy (non-hydrogen) atoms. The molecular formula is C18H26O. The minimum atomic E-state index is -0.556. The van der Waals surface area contributed by atoms with Crippen LogP contribution in [0.5, 0.6) is 0 Å². The van der Waals surface area contributed by atoms with E-state index in [1.807, 2.05) is 18.2 Å². The summed E-state index contributed by atoms with van der Waals surface area (Å²) in [7, 11) is 0. The van der Waals surface area contributed by atoms with Gasteiger partial charge in [-0.2, -0.15) is 0 Å². The summed E-state index contributed by atoms with van der Waals surface area (Å²) in [6.45, 7) is 7.09. The highest BCUT2D eigenvalue weighted by molar-refractivity contribution is 5.24. The Labute approximate surface area is 117 Å². The molecule has 2 aliphatic rings. The van der Waals surface area contributed by atoms with E-state index in [1.54, 1.807) is 0 Å². The summed E-state index contributed by atoms with van der Waals surface area (Å²) in [6, 6.07) is 10.3. The molecule has 0 bridgehead atoms. The van der Waals surface area contributed by atoms with Gasteiger partial charge < -0.3 is 5.11 Å². The average molecular weight is 258 g/mol. The Bertz CT molecular complexity index is 429. The van der Waals surface area contributed by atoms with Gasteiger partial charge >= 0.3 is 0 Å². The summed E-state index contributed by atoms with van der Waals surface area (Å²) >= 11 is 0. The lowest BCUT2D eigenvalue weighted by atomic mass is 9.77. The van der Waals surface area contributed by atoms with E-state index in [4.69, 9.17) is 0 Å². The predicted molar refractivity (Wildman–Crippen MR) is 78.7 cm³/mol. The summed E-state index contributed by atoms with van der Waals surface area (Å²) in [5.41, 5.74) is 0.992. The number of hydrogen-bond donors (Lipinski definition) is 1. The summed E-state index contributed by atoms with van der Waals surface area (Å²) in [5.74, 6) is 2.30. The maximum absolute atomic E-state index is 11.0. The molecule has 4 atom stereocenters. The maximum atomic E-state index is 11.0. The molecule has 1 N–H and O–H groups in total. The normalized spacial score (nSPS) is 38.4. The number of benzene rings is 1. The zero-order chi connectivity index (χ0) is 13.7. The first-order valence-corrected chi connectivity index (χ1v) is 7.66. The van der Waals surface area contributed by atoms with Crippen LogP contribution < -0.4 is 0 Å². The van der Waals surface area contributed by atoms with E-state index in [0.29, 0.717) is 5.41 Å². The van der Waals surface area contributed by atoms with E-state index >= 15 is 0 Å². The lowest BCUT2D eigenvalue weighted by molar-refractivity contribution is 0.0305. The van der Waals surface area contributed by atoms with Gasteiger partial charge in [0.2, 0.25) is 0 Å². The number of rotatable bonds is 1. The van der Waals surface area contributed by atoms with Crippen LogP contribution in [0.2, 0.25) is 0 Å². The zero-order valence-corrected chi connectivity index (χ0v) is 12.4. The van der Waals surface area contributed by atoms with Crippen molar-refractivity contribution in [3.63, 3.8) is 0 Å². The van der Waals surface area contributed by atoms with Gasteiger partial charge in [0.25, 0.3) is 0 Å². The lowest BCUT2D eigenvalue weighted by Gasteiger charge is -2.30. The van der Waals surface area contributed by atoms with Crippen molar-refractivity contribution in [1.82, 2.24) is 0 Å². The summed E-state index contributed by atoms with van der Waals surface area (Å²) in [6.07, 6.45) is 4.55. The van der Waals surface area contributed by atoms with Gasteiger partial charge in [-0.1, -0.05) is 51.1 Å². The Balaban J connectivity index is 1.75. The highest BCUT2D eigenvalue weighted by atomic mass is 16.3. The van der Waals surface area contributed by atoms with Crippen molar-refractivity contribution in [2.75, 3.05) is 0 Å². The van der Waals surface area contributed by atoms with E-state index in [1.165, 1.54) is 12.8 Å². The highest BCUT2D eigenvalue weighted by Gasteiger charge is 2.50. The molecule has 1 aromatic rings. The van der Waals surface area contributed by atoms with Crippen LogP contribution in [0.1, 0.15) is 52.0 Å². The number of aliphatic hydroxyl groups is 1. The predicted octanol–water partition coefficient (Wildman–Crippen LogP) is 4.36. The molecule has 2 unspecified atom stereocenters. The third-order valence-electron chi connectivity index (χ3n) is 5.58. The second-order valence-electron chi connectivity index (χ2n) is 7.86. The van der Waals surface area contributed by atoms with E-state index in [2.05, 4.69) is 32.9 Å². The number of hydrogen-bond acceptors (Lipinski definition) is 1. The SMILES string of the molecule is CC(C)(C)C1C[C@@H]2CC(O)(c3ccccc3)C[C@@H]2C1. The van der Waals surface area contributed by atoms with Gasteiger partial charge in [-0.3, -0.25) is 0 Å². The molecule has 1 nitrogen and oxygen atoms in total. The van der Waals surface area contributed by atoms with E-state index in [-0.39, 0.29) is 0 Å². The van der Waals surface area contributed by atoms with E-state index in [0.717, 1.165) is 36.2 Å². The first-order chi connectivity index (χ1) is 8.88. The van der Waals surface area contributed by atoms with Gasteiger partial charge in [0, 0.05) is 0 Å². The summed E-state index contributed by atoms with van der Waals surface area (Å²) < 4.78 is 0. The fraction of sp³-hybridized carbons (Fsp3) is 0.667. The van der Waals surface area contributed by atoms with Crippen LogP contribution in [0.25, 0.3) is 0 Å². The van der Waals surface area contributed by atoms with Crippen molar-refractivity contribution in [2.24, 2.45) is 23.2 Å². The zero-order valence-electron chi connectivity index (χ0n) is 12.4. The highest BCUT2D eigenvalue weighted by Crippen LogP contribution is 2.57. The minimum absolute atomic E-state index is 0.426. The molecule has 0 spiro atoms. The fourth-order valence-corrected chi connectivity index (χ4v) is 4.35. The molecule has 104 valence electrons.